The molecule has 4 nitrogen and oxygen atoms in total. The van der Waals surface area contributed by atoms with E-state index in [0.29, 0.717) is 0 Å². The first-order chi connectivity index (χ1) is 10.5. The van der Waals surface area contributed by atoms with Crippen LogP contribution in [0.3, 0.4) is 0 Å². The van der Waals surface area contributed by atoms with Gasteiger partial charge in [0.15, 0.2) is 0 Å². The number of nitrogens with zero attached hydrogens (tertiary/aromatic N) is 2. The summed E-state index contributed by atoms with van der Waals surface area (Å²) in [5, 5.41) is 0. The van der Waals surface area contributed by atoms with Crippen molar-refractivity contribution >= 4 is 17.3 Å². The van der Waals surface area contributed by atoms with Gasteiger partial charge in [0.05, 0.1) is 5.56 Å². The molecule has 0 fully saturated rings. The van der Waals surface area contributed by atoms with E-state index in [-0.39, 0.29) is 5.91 Å². The quantitative estimate of drug-likeness (QED) is 0.865. The Morgan fingerprint density at radius 2 is 2.09 bits per heavy atom. The summed E-state index contributed by atoms with van der Waals surface area (Å²) in [7, 11) is 0. The Hall–Kier alpha value is -2.23. The van der Waals surface area contributed by atoms with Gasteiger partial charge in [-0.3, -0.25) is 4.79 Å². The maximum atomic E-state index is 13.0. The van der Waals surface area contributed by atoms with Crippen LogP contribution in [0.4, 0.5) is 11.4 Å². The lowest BCUT2D eigenvalue weighted by Gasteiger charge is -2.30. The van der Waals surface area contributed by atoms with E-state index in [4.69, 9.17) is 5.73 Å². The first-order valence-corrected chi connectivity index (χ1v) is 7.90. The number of carbonyl (C=O) groups is 1. The Balaban J connectivity index is 2.03. The van der Waals surface area contributed by atoms with E-state index in [1.54, 1.807) is 0 Å². The van der Waals surface area contributed by atoms with E-state index in [0.717, 1.165) is 59.8 Å². The van der Waals surface area contributed by atoms with Gasteiger partial charge in [-0.15, -0.1) is 0 Å². The van der Waals surface area contributed by atoms with Crippen molar-refractivity contribution in [2.75, 3.05) is 17.2 Å². The molecular formula is C18H23N3O. The first kappa shape index (κ1) is 14.7. The fourth-order valence-electron chi connectivity index (χ4n) is 3.51. The van der Waals surface area contributed by atoms with Crippen LogP contribution in [0.2, 0.25) is 0 Å². The molecule has 0 spiro atoms. The summed E-state index contributed by atoms with van der Waals surface area (Å²) in [6.45, 7) is 7.81. The Kier molecular flexibility index (Phi) is 3.69. The second-order valence-electron chi connectivity index (χ2n) is 5.93. The fraction of sp³-hybridized carbons (Fsp3) is 0.389. The normalized spacial score (nSPS) is 14.0. The van der Waals surface area contributed by atoms with Gasteiger partial charge >= 0.3 is 0 Å². The third kappa shape index (κ3) is 2.19. The molecule has 116 valence electrons. The lowest BCUT2D eigenvalue weighted by molar-refractivity contribution is 0.0984. The topological polar surface area (TPSA) is 51.3 Å². The number of nitrogen functional groups attached to an aromatic ring is 1. The number of rotatable bonds is 2. The average Bonchev–Trinajstić information content (AvgIpc) is 2.81. The second kappa shape index (κ2) is 5.52. The molecule has 0 aliphatic carbocycles. The molecule has 1 amide bonds. The number of carbonyl (C=O) groups excluding carboxylic acids is 1. The number of fused-ring (bicyclic) bond motifs is 1. The van der Waals surface area contributed by atoms with Gasteiger partial charge in [0, 0.05) is 35.9 Å². The molecule has 0 radical (unpaired) electrons. The van der Waals surface area contributed by atoms with Crippen molar-refractivity contribution in [2.45, 2.75) is 40.2 Å². The van der Waals surface area contributed by atoms with E-state index < -0.39 is 0 Å². The third-order valence-corrected chi connectivity index (χ3v) is 4.65. The highest BCUT2D eigenvalue weighted by atomic mass is 16.2. The van der Waals surface area contributed by atoms with Gasteiger partial charge in [0.25, 0.3) is 5.91 Å². The molecule has 0 unspecified atom stereocenters. The van der Waals surface area contributed by atoms with Crippen molar-refractivity contribution in [1.29, 1.82) is 0 Å². The zero-order chi connectivity index (χ0) is 15.9. The second-order valence-corrected chi connectivity index (χ2v) is 5.93. The fourth-order valence-corrected chi connectivity index (χ4v) is 3.51. The van der Waals surface area contributed by atoms with E-state index in [2.05, 4.69) is 18.4 Å². The van der Waals surface area contributed by atoms with Gasteiger partial charge in [0.2, 0.25) is 0 Å². The number of amides is 1. The molecule has 2 aromatic rings. The molecule has 0 bridgehead atoms. The van der Waals surface area contributed by atoms with Crippen molar-refractivity contribution in [3.63, 3.8) is 0 Å². The van der Waals surface area contributed by atoms with Crippen LogP contribution in [0, 0.1) is 13.8 Å². The summed E-state index contributed by atoms with van der Waals surface area (Å²) >= 11 is 0. The molecule has 22 heavy (non-hydrogen) atoms. The highest BCUT2D eigenvalue weighted by molar-refractivity contribution is 6.08. The Morgan fingerprint density at radius 3 is 2.77 bits per heavy atom. The first-order valence-electron chi connectivity index (χ1n) is 7.90. The summed E-state index contributed by atoms with van der Waals surface area (Å²) in [6.07, 6.45) is 1.90. The van der Waals surface area contributed by atoms with E-state index in [1.807, 2.05) is 36.1 Å². The molecule has 2 heterocycles. The van der Waals surface area contributed by atoms with Crippen molar-refractivity contribution in [1.82, 2.24) is 4.57 Å². The number of nitrogens with two attached hydrogens (primary N) is 1. The van der Waals surface area contributed by atoms with Gasteiger partial charge in [0.1, 0.15) is 0 Å². The smallest absolute Gasteiger partial charge is 0.260 e. The molecule has 4 heteroatoms. The Bertz CT molecular complexity index is 730. The number of aromatic nitrogens is 1. The van der Waals surface area contributed by atoms with Crippen LogP contribution in [-0.2, 0) is 13.0 Å². The van der Waals surface area contributed by atoms with Gasteiger partial charge < -0.3 is 15.2 Å². The molecule has 2 N–H and O–H groups in total. The molecule has 1 aliphatic heterocycles. The zero-order valence-corrected chi connectivity index (χ0v) is 13.5. The Morgan fingerprint density at radius 1 is 1.32 bits per heavy atom. The summed E-state index contributed by atoms with van der Waals surface area (Å²) in [4.78, 5) is 14.9. The van der Waals surface area contributed by atoms with Crippen LogP contribution in [0.5, 0.6) is 0 Å². The van der Waals surface area contributed by atoms with Crippen LogP contribution < -0.4 is 10.6 Å². The SMILES string of the molecule is CCn1c(C)cc(C(=O)N2CCCc3c(N)cccc32)c1C. The van der Waals surface area contributed by atoms with Gasteiger partial charge in [-0.25, -0.2) is 0 Å². The predicted molar refractivity (Wildman–Crippen MR) is 90.4 cm³/mol. The minimum atomic E-state index is 0.0827. The van der Waals surface area contributed by atoms with Crippen molar-refractivity contribution < 1.29 is 4.79 Å². The number of hydrogen-bond donors (Lipinski definition) is 1. The van der Waals surface area contributed by atoms with Crippen molar-refractivity contribution in [2.24, 2.45) is 0 Å². The van der Waals surface area contributed by atoms with Gasteiger partial charge in [-0.1, -0.05) is 6.07 Å². The van der Waals surface area contributed by atoms with E-state index >= 15 is 0 Å². The summed E-state index contributed by atoms with van der Waals surface area (Å²) in [6, 6.07) is 7.84. The number of anilines is 2. The maximum absolute atomic E-state index is 13.0. The van der Waals surface area contributed by atoms with Crippen LogP contribution in [0.25, 0.3) is 0 Å². The molecular weight excluding hydrogens is 274 g/mol. The average molecular weight is 297 g/mol. The molecule has 0 saturated heterocycles. The maximum Gasteiger partial charge on any atom is 0.260 e. The minimum Gasteiger partial charge on any atom is -0.398 e. The van der Waals surface area contributed by atoms with Crippen molar-refractivity contribution in [3.05, 3.63) is 46.8 Å². The molecule has 3 rings (SSSR count). The van der Waals surface area contributed by atoms with Crippen LogP contribution >= 0.6 is 0 Å². The minimum absolute atomic E-state index is 0.0827. The van der Waals surface area contributed by atoms with Gasteiger partial charge in [-0.2, -0.15) is 0 Å². The van der Waals surface area contributed by atoms with E-state index in [1.165, 1.54) is 0 Å². The highest BCUT2D eigenvalue weighted by Crippen LogP contribution is 2.32. The summed E-state index contributed by atoms with van der Waals surface area (Å²) < 4.78 is 2.18. The summed E-state index contributed by atoms with van der Waals surface area (Å²) in [5.74, 6) is 0.0827. The van der Waals surface area contributed by atoms with Crippen molar-refractivity contribution in [3.8, 4) is 0 Å². The monoisotopic (exact) mass is 297 g/mol. The number of aryl methyl sites for hydroxylation is 1. The van der Waals surface area contributed by atoms with Crippen LogP contribution in [-0.4, -0.2) is 17.0 Å². The van der Waals surface area contributed by atoms with Crippen LogP contribution in [0.1, 0.15) is 40.7 Å². The number of hydrogen-bond acceptors (Lipinski definition) is 2. The third-order valence-electron chi connectivity index (χ3n) is 4.65. The largest absolute Gasteiger partial charge is 0.398 e. The van der Waals surface area contributed by atoms with Gasteiger partial charge in [-0.05, 0) is 57.4 Å². The molecule has 0 atom stereocenters. The molecule has 1 aromatic heterocycles. The molecule has 1 aliphatic rings. The molecule has 1 aromatic carbocycles. The highest BCUT2D eigenvalue weighted by Gasteiger charge is 2.27. The predicted octanol–water partition coefficient (Wildman–Crippen LogP) is 3.30. The van der Waals surface area contributed by atoms with E-state index in [9.17, 15) is 4.79 Å². The molecule has 0 saturated carbocycles. The summed E-state index contributed by atoms with van der Waals surface area (Å²) in [5.41, 5.74) is 11.9. The van der Waals surface area contributed by atoms with Crippen LogP contribution in [0.15, 0.2) is 24.3 Å². The zero-order valence-electron chi connectivity index (χ0n) is 13.5. The Labute approximate surface area is 131 Å². The standard InChI is InChI=1S/C18H23N3O/c1-4-20-12(2)11-15(13(20)3)18(22)21-10-6-7-14-16(19)8-5-9-17(14)21/h5,8-9,11H,4,6-7,10,19H2,1-3H3. The lowest BCUT2D eigenvalue weighted by atomic mass is 9.99. The number of benzene rings is 1. The lowest BCUT2D eigenvalue weighted by Crippen LogP contribution is -2.36.